The topological polar surface area (TPSA) is 78.2 Å². The van der Waals surface area contributed by atoms with Gasteiger partial charge < -0.3 is 5.11 Å². The molecule has 4 nitrogen and oxygen atoms in total. The minimum Gasteiger partial charge on any atom is -0.503 e. The van der Waals surface area contributed by atoms with Crippen LogP contribution in [-0.4, -0.2) is 22.8 Å². The van der Waals surface area contributed by atoms with Crippen molar-refractivity contribution in [3.63, 3.8) is 0 Å². The molecule has 0 saturated carbocycles. The third kappa shape index (κ3) is 4.26. The van der Waals surface area contributed by atoms with Crippen LogP contribution in [-0.2, 0) is 9.59 Å². The van der Waals surface area contributed by atoms with E-state index in [9.17, 15) is 22.8 Å². The van der Waals surface area contributed by atoms with Gasteiger partial charge in [0.05, 0.1) is 0 Å². The van der Waals surface area contributed by atoms with E-state index >= 15 is 0 Å². The summed E-state index contributed by atoms with van der Waals surface area (Å²) in [5, 5.41) is 17.5. The summed E-state index contributed by atoms with van der Waals surface area (Å²) >= 11 is 0. The number of rotatable bonds is 4. The summed E-state index contributed by atoms with van der Waals surface area (Å²) < 4.78 is 36.0. The summed E-state index contributed by atoms with van der Waals surface area (Å²) in [6, 6.07) is 0.902. The van der Waals surface area contributed by atoms with Crippen LogP contribution in [0, 0.1) is 17.2 Å². The number of Topliss-reactive ketones (excluding diaryl/α,β-unsaturated/α-hetero) is 2. The summed E-state index contributed by atoms with van der Waals surface area (Å²) in [4.78, 5) is 21.9. The van der Waals surface area contributed by atoms with Crippen LogP contribution in [0.25, 0.3) is 0 Å². The van der Waals surface area contributed by atoms with Crippen LogP contribution < -0.4 is 0 Å². The Hall–Kier alpha value is -1.84. The lowest BCUT2D eigenvalue weighted by Crippen LogP contribution is -2.26. The molecule has 0 aromatic heterocycles. The van der Waals surface area contributed by atoms with Crippen molar-refractivity contribution in [1.29, 1.82) is 5.26 Å². The van der Waals surface area contributed by atoms with Gasteiger partial charge in [0.15, 0.2) is 11.5 Å². The number of aliphatic hydroxyl groups is 1. The maximum atomic E-state index is 12.0. The average molecular weight is 249 g/mol. The summed E-state index contributed by atoms with van der Waals surface area (Å²) in [6.45, 7) is 3.20. The second-order valence-electron chi connectivity index (χ2n) is 3.68. The smallest absolute Gasteiger partial charge is 0.455 e. The van der Waals surface area contributed by atoms with Crippen molar-refractivity contribution in [3.05, 3.63) is 11.3 Å². The standard InChI is InChI=1S/C10H10F3NO3/c1-5(2)3-7(15)8(16)6(4-14)9(17)10(11,12)13/h5,16H,3H2,1-2H3. The molecular formula is C10H10F3NO3. The first kappa shape index (κ1) is 15.2. The molecule has 0 rings (SSSR count). The molecule has 0 unspecified atom stereocenters. The predicted octanol–water partition coefficient (Wildman–Crippen LogP) is 2.07. The normalized spacial score (nSPS) is 13.0. The lowest BCUT2D eigenvalue weighted by molar-refractivity contribution is -0.166. The monoisotopic (exact) mass is 249 g/mol. The van der Waals surface area contributed by atoms with Crippen LogP contribution in [0.3, 0.4) is 0 Å². The van der Waals surface area contributed by atoms with Gasteiger partial charge in [0.1, 0.15) is 11.6 Å². The van der Waals surface area contributed by atoms with Crippen LogP contribution in [0.5, 0.6) is 0 Å². The molecule has 0 aromatic rings. The van der Waals surface area contributed by atoms with Gasteiger partial charge in [-0.15, -0.1) is 0 Å². The fourth-order valence-corrected chi connectivity index (χ4v) is 0.960. The van der Waals surface area contributed by atoms with Crippen LogP contribution in [0.2, 0.25) is 0 Å². The van der Waals surface area contributed by atoms with Crippen LogP contribution >= 0.6 is 0 Å². The molecule has 0 aliphatic carbocycles. The van der Waals surface area contributed by atoms with Gasteiger partial charge in [0.2, 0.25) is 0 Å². The fourth-order valence-electron chi connectivity index (χ4n) is 0.960. The number of aliphatic hydroxyl groups excluding tert-OH is 1. The largest absolute Gasteiger partial charge is 0.503 e. The number of alkyl halides is 3. The van der Waals surface area contributed by atoms with Gasteiger partial charge in [-0.05, 0) is 5.92 Å². The fraction of sp³-hybridized carbons (Fsp3) is 0.500. The molecule has 0 aliphatic rings. The maximum Gasteiger partial charge on any atom is 0.455 e. The Kier molecular flexibility index (Phi) is 4.88. The number of halogens is 3. The first-order valence-corrected chi connectivity index (χ1v) is 4.59. The minimum atomic E-state index is -5.29. The zero-order valence-corrected chi connectivity index (χ0v) is 9.13. The number of nitriles is 1. The molecule has 1 N–H and O–H groups in total. The molecule has 7 heteroatoms. The lowest BCUT2D eigenvalue weighted by Gasteiger charge is -2.07. The zero-order chi connectivity index (χ0) is 13.8. The minimum absolute atomic E-state index is 0.217. The van der Waals surface area contributed by atoms with E-state index < -0.39 is 29.1 Å². The highest BCUT2D eigenvalue weighted by Crippen LogP contribution is 2.22. The SMILES string of the molecule is CC(C)CC(=O)C(O)=C(C#N)C(=O)C(F)(F)F. The Labute approximate surface area is 95.3 Å². The summed E-state index contributed by atoms with van der Waals surface area (Å²) in [6.07, 6.45) is -5.54. The van der Waals surface area contributed by atoms with Crippen LogP contribution in [0.1, 0.15) is 20.3 Å². The predicted molar refractivity (Wildman–Crippen MR) is 50.8 cm³/mol. The van der Waals surface area contributed by atoms with Crippen molar-refractivity contribution in [2.24, 2.45) is 5.92 Å². The van der Waals surface area contributed by atoms with E-state index in [1.165, 1.54) is 0 Å². The third-order valence-corrected chi connectivity index (χ3v) is 1.69. The average Bonchev–Trinajstić information content (AvgIpc) is 2.15. The van der Waals surface area contributed by atoms with Gasteiger partial charge in [-0.1, -0.05) is 13.8 Å². The molecule has 0 spiro atoms. The van der Waals surface area contributed by atoms with Crippen molar-refractivity contribution in [2.75, 3.05) is 0 Å². The van der Waals surface area contributed by atoms with E-state index in [1.54, 1.807) is 13.8 Å². The number of ketones is 2. The molecule has 0 heterocycles. The highest BCUT2D eigenvalue weighted by Gasteiger charge is 2.43. The first-order chi connectivity index (χ1) is 7.61. The first-order valence-electron chi connectivity index (χ1n) is 4.59. The van der Waals surface area contributed by atoms with E-state index in [-0.39, 0.29) is 12.3 Å². The van der Waals surface area contributed by atoms with E-state index in [2.05, 4.69) is 0 Å². The lowest BCUT2D eigenvalue weighted by atomic mass is 10.0. The summed E-state index contributed by atoms with van der Waals surface area (Å²) in [7, 11) is 0. The van der Waals surface area contributed by atoms with Gasteiger partial charge in [0, 0.05) is 6.42 Å². The number of carbonyl (C=O) groups excluding carboxylic acids is 2. The highest BCUT2D eigenvalue weighted by molar-refractivity contribution is 6.09. The van der Waals surface area contributed by atoms with Gasteiger partial charge in [0.25, 0.3) is 5.78 Å². The zero-order valence-electron chi connectivity index (χ0n) is 9.13. The summed E-state index contributed by atoms with van der Waals surface area (Å²) in [5.74, 6) is -5.22. The number of hydrogen-bond acceptors (Lipinski definition) is 4. The molecule has 0 aliphatic heterocycles. The maximum absolute atomic E-state index is 12.0. The Morgan fingerprint density at radius 1 is 1.35 bits per heavy atom. The van der Waals surface area contributed by atoms with Gasteiger partial charge in [-0.2, -0.15) is 18.4 Å². The number of nitrogens with zero attached hydrogens (tertiary/aromatic N) is 1. The van der Waals surface area contributed by atoms with Gasteiger partial charge >= 0.3 is 6.18 Å². The van der Waals surface area contributed by atoms with E-state index in [1.807, 2.05) is 0 Å². The Morgan fingerprint density at radius 2 is 1.82 bits per heavy atom. The Morgan fingerprint density at radius 3 is 2.12 bits per heavy atom. The van der Waals surface area contributed by atoms with Gasteiger partial charge in [-0.3, -0.25) is 9.59 Å². The third-order valence-electron chi connectivity index (χ3n) is 1.69. The van der Waals surface area contributed by atoms with E-state index in [0.717, 1.165) is 6.07 Å². The van der Waals surface area contributed by atoms with E-state index in [4.69, 9.17) is 10.4 Å². The van der Waals surface area contributed by atoms with Crippen molar-refractivity contribution >= 4 is 11.6 Å². The molecular weight excluding hydrogens is 239 g/mol. The second-order valence-corrected chi connectivity index (χ2v) is 3.68. The van der Waals surface area contributed by atoms with Crippen molar-refractivity contribution in [2.45, 2.75) is 26.4 Å². The molecule has 0 aromatic carbocycles. The van der Waals surface area contributed by atoms with Crippen molar-refractivity contribution in [1.82, 2.24) is 0 Å². The second kappa shape index (κ2) is 5.48. The van der Waals surface area contributed by atoms with Crippen LogP contribution in [0.15, 0.2) is 11.3 Å². The molecule has 17 heavy (non-hydrogen) atoms. The molecule has 0 amide bonds. The van der Waals surface area contributed by atoms with E-state index in [0.29, 0.717) is 0 Å². The van der Waals surface area contributed by atoms with Crippen molar-refractivity contribution in [3.8, 4) is 6.07 Å². The molecule has 0 atom stereocenters. The van der Waals surface area contributed by atoms with Crippen molar-refractivity contribution < 1.29 is 27.9 Å². The number of carbonyl (C=O) groups is 2. The highest BCUT2D eigenvalue weighted by atomic mass is 19.4. The number of hydrogen-bond donors (Lipinski definition) is 1. The summed E-state index contributed by atoms with van der Waals surface area (Å²) in [5.41, 5.74) is -1.57. The van der Waals surface area contributed by atoms with Crippen LogP contribution in [0.4, 0.5) is 13.2 Å². The quantitative estimate of drug-likeness (QED) is 0.470. The van der Waals surface area contributed by atoms with Gasteiger partial charge in [-0.25, -0.2) is 0 Å². The molecule has 0 fully saturated rings. The Bertz CT molecular complexity index is 402. The molecule has 0 radical (unpaired) electrons. The molecule has 94 valence electrons. The Balaban J connectivity index is 5.30. The number of allylic oxidation sites excluding steroid dienone is 2. The molecule has 0 bridgehead atoms. The molecule has 0 saturated heterocycles.